The molecule has 0 aliphatic heterocycles. The van der Waals surface area contributed by atoms with Crippen molar-refractivity contribution in [1.82, 2.24) is 4.98 Å². The van der Waals surface area contributed by atoms with E-state index in [4.69, 9.17) is 0 Å². The molecule has 0 radical (unpaired) electrons. The van der Waals surface area contributed by atoms with E-state index < -0.39 is 0 Å². The van der Waals surface area contributed by atoms with E-state index in [-0.39, 0.29) is 0 Å². The summed E-state index contributed by atoms with van der Waals surface area (Å²) in [7, 11) is 3.79. The Kier molecular flexibility index (Phi) is 6.94. The first-order valence-electron chi connectivity index (χ1n) is 5.61. The van der Waals surface area contributed by atoms with Crippen LogP contribution in [0.15, 0.2) is 29.4 Å². The van der Waals surface area contributed by atoms with Crippen LogP contribution in [0.4, 0.5) is 0 Å². The summed E-state index contributed by atoms with van der Waals surface area (Å²) in [4.78, 5) is 4.31. The molecule has 0 spiro atoms. The van der Waals surface area contributed by atoms with Crippen molar-refractivity contribution < 1.29 is 0 Å². The van der Waals surface area contributed by atoms with Crippen molar-refractivity contribution in [1.29, 1.82) is 0 Å². The van der Waals surface area contributed by atoms with Gasteiger partial charge in [-0.3, -0.25) is 0 Å². The number of aromatic nitrogens is 1. The normalized spacial score (nSPS) is 10.9. The fourth-order valence-electron chi connectivity index (χ4n) is 1.40. The van der Waals surface area contributed by atoms with Gasteiger partial charge < -0.3 is 0 Å². The molecule has 0 aliphatic rings. The summed E-state index contributed by atoms with van der Waals surface area (Å²) < 4.78 is 0. The minimum atomic E-state index is 0.784. The predicted octanol–water partition coefficient (Wildman–Crippen LogP) is 4.79. The number of pyridine rings is 1. The summed E-state index contributed by atoms with van der Waals surface area (Å²) in [5.74, 6) is 0. The maximum absolute atomic E-state index is 4.31. The van der Waals surface area contributed by atoms with Crippen molar-refractivity contribution in [2.45, 2.75) is 49.8 Å². The molecule has 0 fully saturated rings. The average Bonchev–Trinajstić information content (AvgIpc) is 2.28. The quantitative estimate of drug-likeness (QED) is 0.637. The fraction of sp³-hybridized carbons (Fsp3) is 0.583. The Labute approximate surface area is 101 Å². The van der Waals surface area contributed by atoms with Crippen molar-refractivity contribution in [2.24, 2.45) is 0 Å². The summed E-state index contributed by atoms with van der Waals surface area (Å²) in [6, 6.07) is 6.08. The molecular weight excluding hydrogens is 222 g/mol. The molecule has 0 amide bonds. The van der Waals surface area contributed by atoms with Crippen molar-refractivity contribution >= 4 is 21.6 Å². The van der Waals surface area contributed by atoms with E-state index in [1.165, 1.54) is 25.7 Å². The van der Waals surface area contributed by atoms with Gasteiger partial charge in [0.25, 0.3) is 0 Å². The van der Waals surface area contributed by atoms with Gasteiger partial charge in [0.1, 0.15) is 5.03 Å². The van der Waals surface area contributed by atoms with Crippen LogP contribution in [0.5, 0.6) is 0 Å². The Bertz CT molecular complexity index is 245. The summed E-state index contributed by atoms with van der Waals surface area (Å²) in [5.41, 5.74) is 0. The molecule has 0 unspecified atom stereocenters. The molecule has 1 rings (SSSR count). The lowest BCUT2D eigenvalue weighted by atomic mass is 10.2. The first-order chi connectivity index (χ1) is 7.36. The van der Waals surface area contributed by atoms with Crippen molar-refractivity contribution in [3.63, 3.8) is 0 Å². The zero-order chi connectivity index (χ0) is 10.9. The zero-order valence-electron chi connectivity index (χ0n) is 9.48. The van der Waals surface area contributed by atoms with Crippen LogP contribution in [0.1, 0.15) is 39.5 Å². The van der Waals surface area contributed by atoms with Crippen LogP contribution in [-0.4, -0.2) is 10.2 Å². The highest BCUT2D eigenvalue weighted by Crippen LogP contribution is 2.36. The van der Waals surface area contributed by atoms with Crippen LogP contribution in [0, 0.1) is 0 Å². The van der Waals surface area contributed by atoms with Crippen LogP contribution in [0.3, 0.4) is 0 Å². The predicted molar refractivity (Wildman–Crippen MR) is 71.3 cm³/mol. The minimum Gasteiger partial charge on any atom is -0.249 e. The number of hydrogen-bond donors (Lipinski definition) is 0. The molecule has 0 atom stereocenters. The molecule has 0 saturated heterocycles. The van der Waals surface area contributed by atoms with Gasteiger partial charge in [0, 0.05) is 11.4 Å². The van der Waals surface area contributed by atoms with E-state index in [1.807, 2.05) is 39.9 Å². The molecular formula is C12H19NS2. The molecule has 1 nitrogen and oxygen atoms in total. The smallest absolute Gasteiger partial charge is 0.106 e. The van der Waals surface area contributed by atoms with Crippen molar-refractivity contribution in [2.75, 3.05) is 0 Å². The van der Waals surface area contributed by atoms with E-state index in [0.717, 1.165) is 10.3 Å². The minimum absolute atomic E-state index is 0.784. The highest BCUT2D eigenvalue weighted by molar-refractivity contribution is 8.76. The Balaban J connectivity index is 2.33. The summed E-state index contributed by atoms with van der Waals surface area (Å²) in [5, 5.41) is 1.91. The van der Waals surface area contributed by atoms with E-state index in [1.54, 1.807) is 0 Å². The van der Waals surface area contributed by atoms with Gasteiger partial charge in [-0.25, -0.2) is 4.98 Å². The van der Waals surface area contributed by atoms with Gasteiger partial charge >= 0.3 is 0 Å². The molecule has 1 aromatic heterocycles. The van der Waals surface area contributed by atoms with Gasteiger partial charge in [0.2, 0.25) is 0 Å². The van der Waals surface area contributed by atoms with Crippen LogP contribution in [0.2, 0.25) is 0 Å². The van der Waals surface area contributed by atoms with Crippen LogP contribution >= 0.6 is 21.6 Å². The van der Waals surface area contributed by atoms with Gasteiger partial charge in [-0.1, -0.05) is 43.5 Å². The van der Waals surface area contributed by atoms with E-state index in [2.05, 4.69) is 24.9 Å². The Morgan fingerprint density at radius 3 is 2.47 bits per heavy atom. The lowest BCUT2D eigenvalue weighted by molar-refractivity contribution is 0.676. The van der Waals surface area contributed by atoms with Crippen LogP contribution in [-0.2, 0) is 0 Å². The van der Waals surface area contributed by atoms with Crippen molar-refractivity contribution in [3.05, 3.63) is 24.4 Å². The second kappa shape index (κ2) is 8.05. The standard InChI is InChI=1S/C12H19NS2/c1-3-7-11(8-4-2)14-15-12-9-5-6-10-13-12/h5-6,9-11H,3-4,7-8H2,1-2H3. The number of rotatable bonds is 7. The molecule has 15 heavy (non-hydrogen) atoms. The molecule has 1 heterocycles. The highest BCUT2D eigenvalue weighted by atomic mass is 33.1. The third-order valence-electron chi connectivity index (χ3n) is 2.13. The molecule has 3 heteroatoms. The first kappa shape index (κ1) is 12.9. The Morgan fingerprint density at radius 2 is 1.93 bits per heavy atom. The lowest BCUT2D eigenvalue weighted by Crippen LogP contribution is -1.99. The molecule has 0 N–H and O–H groups in total. The largest absolute Gasteiger partial charge is 0.249 e. The average molecular weight is 241 g/mol. The third kappa shape index (κ3) is 5.47. The number of hydrogen-bond acceptors (Lipinski definition) is 3. The SMILES string of the molecule is CCCC(CCC)SSc1ccccn1. The molecule has 0 saturated carbocycles. The van der Waals surface area contributed by atoms with Gasteiger partial charge in [-0.15, -0.1) is 0 Å². The highest BCUT2D eigenvalue weighted by Gasteiger charge is 2.08. The van der Waals surface area contributed by atoms with Gasteiger partial charge in [-0.05, 0) is 35.8 Å². The van der Waals surface area contributed by atoms with E-state index in [0.29, 0.717) is 0 Å². The van der Waals surface area contributed by atoms with Crippen LogP contribution in [0.25, 0.3) is 0 Å². The maximum Gasteiger partial charge on any atom is 0.106 e. The molecule has 84 valence electrons. The van der Waals surface area contributed by atoms with Gasteiger partial charge in [0.05, 0.1) is 0 Å². The van der Waals surface area contributed by atoms with E-state index in [9.17, 15) is 0 Å². The summed E-state index contributed by atoms with van der Waals surface area (Å²) in [6.45, 7) is 4.52. The summed E-state index contributed by atoms with van der Waals surface area (Å²) >= 11 is 0. The van der Waals surface area contributed by atoms with Gasteiger partial charge in [-0.2, -0.15) is 0 Å². The van der Waals surface area contributed by atoms with Crippen LogP contribution < -0.4 is 0 Å². The van der Waals surface area contributed by atoms with Crippen molar-refractivity contribution in [3.8, 4) is 0 Å². The third-order valence-corrected chi connectivity index (χ3v) is 5.00. The number of nitrogens with zero attached hydrogens (tertiary/aromatic N) is 1. The zero-order valence-corrected chi connectivity index (χ0v) is 11.1. The summed E-state index contributed by atoms with van der Waals surface area (Å²) in [6.07, 6.45) is 7.05. The molecule has 0 aliphatic carbocycles. The van der Waals surface area contributed by atoms with E-state index >= 15 is 0 Å². The second-order valence-corrected chi connectivity index (χ2v) is 6.07. The monoisotopic (exact) mass is 241 g/mol. The molecule has 1 aromatic rings. The maximum atomic E-state index is 4.31. The lowest BCUT2D eigenvalue weighted by Gasteiger charge is -2.13. The fourth-order valence-corrected chi connectivity index (χ4v) is 4.11. The Morgan fingerprint density at radius 1 is 1.20 bits per heavy atom. The topological polar surface area (TPSA) is 12.9 Å². The first-order valence-corrected chi connectivity index (χ1v) is 7.82. The molecule has 0 bridgehead atoms. The molecule has 0 aromatic carbocycles. The Hall–Kier alpha value is -0.150. The second-order valence-electron chi connectivity index (χ2n) is 3.55. The van der Waals surface area contributed by atoms with Gasteiger partial charge in [0.15, 0.2) is 0 Å².